The SMILES string of the molecule is C=CCN=c1scc(-c2ccccc2OC)n1N=Cc1ccc(C#N)cc1. The fourth-order valence-electron chi connectivity index (χ4n) is 2.47. The van der Waals surface area contributed by atoms with Gasteiger partial charge in [-0.15, -0.1) is 17.9 Å². The van der Waals surface area contributed by atoms with Crippen molar-refractivity contribution < 1.29 is 4.74 Å². The van der Waals surface area contributed by atoms with Crippen molar-refractivity contribution in [1.82, 2.24) is 4.68 Å². The van der Waals surface area contributed by atoms with Gasteiger partial charge in [0.25, 0.3) is 0 Å². The molecule has 0 saturated heterocycles. The lowest BCUT2D eigenvalue weighted by Crippen LogP contribution is -2.12. The van der Waals surface area contributed by atoms with E-state index in [1.54, 1.807) is 36.2 Å². The predicted octanol–water partition coefficient (Wildman–Crippen LogP) is 4.07. The second-order valence-electron chi connectivity index (χ2n) is 5.52. The summed E-state index contributed by atoms with van der Waals surface area (Å²) in [5, 5.41) is 15.6. The highest BCUT2D eigenvalue weighted by Gasteiger charge is 2.11. The Bertz CT molecular complexity index is 1070. The largest absolute Gasteiger partial charge is 0.496 e. The van der Waals surface area contributed by atoms with Crippen molar-refractivity contribution in [3.05, 3.63) is 82.5 Å². The van der Waals surface area contributed by atoms with Crippen LogP contribution >= 0.6 is 11.3 Å². The van der Waals surface area contributed by atoms with Gasteiger partial charge >= 0.3 is 0 Å². The summed E-state index contributed by atoms with van der Waals surface area (Å²) >= 11 is 1.51. The molecular formula is C21H18N4OS. The Hall–Kier alpha value is -3.43. The molecule has 0 aliphatic carbocycles. The van der Waals surface area contributed by atoms with E-state index in [-0.39, 0.29) is 0 Å². The molecule has 1 heterocycles. The van der Waals surface area contributed by atoms with Gasteiger partial charge in [0.2, 0.25) is 4.80 Å². The first-order chi connectivity index (χ1) is 13.3. The highest BCUT2D eigenvalue weighted by atomic mass is 32.1. The molecule has 0 spiro atoms. The van der Waals surface area contributed by atoms with Crippen LogP contribution in [0.5, 0.6) is 5.75 Å². The summed E-state index contributed by atoms with van der Waals surface area (Å²) < 4.78 is 7.29. The van der Waals surface area contributed by atoms with E-state index >= 15 is 0 Å². The second-order valence-corrected chi connectivity index (χ2v) is 6.36. The van der Waals surface area contributed by atoms with Crippen molar-refractivity contribution in [1.29, 1.82) is 5.26 Å². The van der Waals surface area contributed by atoms with Crippen molar-refractivity contribution in [3.63, 3.8) is 0 Å². The summed E-state index contributed by atoms with van der Waals surface area (Å²) in [6.07, 6.45) is 3.50. The lowest BCUT2D eigenvalue weighted by Gasteiger charge is -2.08. The van der Waals surface area contributed by atoms with Gasteiger partial charge in [0.1, 0.15) is 5.75 Å². The zero-order valence-corrected chi connectivity index (χ0v) is 15.7. The molecule has 0 radical (unpaired) electrons. The molecule has 134 valence electrons. The zero-order chi connectivity index (χ0) is 19.1. The molecule has 0 amide bonds. The van der Waals surface area contributed by atoms with Crippen molar-refractivity contribution in [2.75, 3.05) is 13.7 Å². The minimum absolute atomic E-state index is 0.512. The van der Waals surface area contributed by atoms with E-state index in [0.29, 0.717) is 12.1 Å². The Morgan fingerprint density at radius 1 is 1.22 bits per heavy atom. The Balaban J connectivity index is 2.08. The maximum Gasteiger partial charge on any atom is 0.206 e. The smallest absolute Gasteiger partial charge is 0.206 e. The molecule has 0 atom stereocenters. The van der Waals surface area contributed by atoms with E-state index in [4.69, 9.17) is 10.00 Å². The number of para-hydroxylation sites is 1. The number of thiazole rings is 1. The molecule has 1 aromatic heterocycles. The van der Waals surface area contributed by atoms with Crippen LogP contribution in [0.25, 0.3) is 11.3 Å². The lowest BCUT2D eigenvalue weighted by atomic mass is 10.1. The Morgan fingerprint density at radius 3 is 2.70 bits per heavy atom. The standard InChI is InChI=1S/C21H18N4OS/c1-3-12-23-21-25(24-14-17-10-8-16(13-22)9-11-17)19(15-27-21)18-6-4-5-7-20(18)26-2/h3-11,14-15H,1,12H2,2H3. The number of methoxy groups -OCH3 is 1. The maximum absolute atomic E-state index is 8.92. The molecule has 6 heteroatoms. The van der Waals surface area contributed by atoms with Gasteiger partial charge in [0.05, 0.1) is 37.2 Å². The average Bonchev–Trinajstić information content (AvgIpc) is 3.13. The molecule has 0 aliphatic heterocycles. The number of aromatic nitrogens is 1. The fourth-order valence-corrected chi connectivity index (χ4v) is 3.31. The van der Waals surface area contributed by atoms with Crippen LogP contribution in [0.3, 0.4) is 0 Å². The molecule has 3 rings (SSSR count). The molecular weight excluding hydrogens is 356 g/mol. The molecule has 0 fully saturated rings. The zero-order valence-electron chi connectivity index (χ0n) is 14.9. The fraction of sp³-hybridized carbons (Fsp3) is 0.0952. The van der Waals surface area contributed by atoms with Crippen LogP contribution in [0.15, 0.2) is 76.7 Å². The number of nitrogens with zero attached hydrogens (tertiary/aromatic N) is 4. The summed E-state index contributed by atoms with van der Waals surface area (Å²) in [5.41, 5.74) is 3.35. The lowest BCUT2D eigenvalue weighted by molar-refractivity contribution is 0.416. The average molecular weight is 374 g/mol. The van der Waals surface area contributed by atoms with Crippen LogP contribution < -0.4 is 9.54 Å². The van der Waals surface area contributed by atoms with Gasteiger partial charge in [-0.2, -0.15) is 10.4 Å². The van der Waals surface area contributed by atoms with Gasteiger partial charge in [0, 0.05) is 10.9 Å². The Kier molecular flexibility index (Phi) is 5.98. The molecule has 5 nitrogen and oxygen atoms in total. The molecule has 0 unspecified atom stereocenters. The van der Waals surface area contributed by atoms with E-state index in [0.717, 1.165) is 27.4 Å². The van der Waals surface area contributed by atoms with Crippen LogP contribution in [-0.2, 0) is 0 Å². The number of rotatable bonds is 6. The van der Waals surface area contributed by atoms with Crippen molar-refractivity contribution >= 4 is 17.6 Å². The first kappa shape index (κ1) is 18.4. The van der Waals surface area contributed by atoms with Crippen LogP contribution in [0, 0.1) is 11.3 Å². The van der Waals surface area contributed by atoms with E-state index < -0.39 is 0 Å². The first-order valence-corrected chi connectivity index (χ1v) is 9.14. The van der Waals surface area contributed by atoms with Gasteiger partial charge in [-0.1, -0.05) is 30.3 Å². The Labute approximate surface area is 161 Å². The van der Waals surface area contributed by atoms with E-state index in [1.165, 1.54) is 11.3 Å². The third-order valence-corrected chi connectivity index (χ3v) is 4.64. The molecule has 0 aliphatic rings. The normalized spacial score (nSPS) is 11.5. The Morgan fingerprint density at radius 2 is 2.00 bits per heavy atom. The monoisotopic (exact) mass is 374 g/mol. The van der Waals surface area contributed by atoms with Crippen LogP contribution in [0.2, 0.25) is 0 Å². The summed E-state index contributed by atoms with van der Waals surface area (Å²) in [7, 11) is 1.65. The summed E-state index contributed by atoms with van der Waals surface area (Å²) in [4.78, 5) is 5.30. The highest BCUT2D eigenvalue weighted by molar-refractivity contribution is 7.07. The molecule has 2 aromatic carbocycles. The number of hydrogen-bond acceptors (Lipinski definition) is 5. The first-order valence-electron chi connectivity index (χ1n) is 8.26. The third kappa shape index (κ3) is 4.22. The van der Waals surface area contributed by atoms with Gasteiger partial charge in [-0.3, -0.25) is 4.99 Å². The number of nitriles is 1. The summed E-state index contributed by atoms with van der Waals surface area (Å²) in [5.74, 6) is 0.771. The molecule has 3 aromatic rings. The van der Waals surface area contributed by atoms with E-state index in [2.05, 4.69) is 22.7 Å². The van der Waals surface area contributed by atoms with Gasteiger partial charge in [0.15, 0.2) is 0 Å². The van der Waals surface area contributed by atoms with Crippen LogP contribution in [0.4, 0.5) is 0 Å². The highest BCUT2D eigenvalue weighted by Crippen LogP contribution is 2.29. The third-order valence-electron chi connectivity index (χ3n) is 3.79. The molecule has 0 saturated carbocycles. The van der Waals surface area contributed by atoms with Crippen molar-refractivity contribution in [2.45, 2.75) is 0 Å². The van der Waals surface area contributed by atoms with Crippen LogP contribution in [0.1, 0.15) is 11.1 Å². The minimum Gasteiger partial charge on any atom is -0.496 e. The van der Waals surface area contributed by atoms with Crippen molar-refractivity contribution in [2.24, 2.45) is 10.1 Å². The maximum atomic E-state index is 8.92. The summed E-state index contributed by atoms with van der Waals surface area (Å²) in [6.45, 7) is 4.24. The number of ether oxygens (including phenoxy) is 1. The number of hydrogen-bond donors (Lipinski definition) is 0. The summed E-state index contributed by atoms with van der Waals surface area (Å²) in [6, 6.07) is 17.2. The minimum atomic E-state index is 0.512. The molecule has 0 N–H and O–H groups in total. The van der Waals surface area contributed by atoms with E-state index in [1.807, 2.05) is 41.8 Å². The second kappa shape index (κ2) is 8.79. The number of benzene rings is 2. The topological polar surface area (TPSA) is 62.7 Å². The van der Waals surface area contributed by atoms with Crippen LogP contribution in [-0.4, -0.2) is 24.5 Å². The van der Waals surface area contributed by atoms with Gasteiger partial charge in [-0.05, 0) is 29.8 Å². The van der Waals surface area contributed by atoms with Gasteiger partial charge < -0.3 is 4.74 Å². The predicted molar refractivity (Wildman–Crippen MR) is 109 cm³/mol. The molecule has 0 bridgehead atoms. The van der Waals surface area contributed by atoms with Gasteiger partial charge in [-0.25, -0.2) is 4.68 Å². The van der Waals surface area contributed by atoms with E-state index in [9.17, 15) is 0 Å². The van der Waals surface area contributed by atoms with Crippen molar-refractivity contribution in [3.8, 4) is 23.1 Å². The quantitative estimate of drug-likeness (QED) is 0.482. The molecule has 27 heavy (non-hydrogen) atoms.